The molecule has 564 valence electrons. The number of hydrogen-bond donors (Lipinski definition) is 0. The van der Waals surface area contributed by atoms with E-state index in [1.807, 2.05) is 96.3 Å². The van der Waals surface area contributed by atoms with Gasteiger partial charge in [0, 0.05) is 60.5 Å². The summed E-state index contributed by atoms with van der Waals surface area (Å²) in [4.78, 5) is 0. The summed E-state index contributed by atoms with van der Waals surface area (Å²) >= 11 is 5.48. The molecule has 0 saturated heterocycles. The van der Waals surface area contributed by atoms with Crippen molar-refractivity contribution in [2.24, 2.45) is 0 Å². The van der Waals surface area contributed by atoms with Gasteiger partial charge in [-0.25, -0.2) is 0 Å². The summed E-state index contributed by atoms with van der Waals surface area (Å²) in [7, 11) is 0. The zero-order chi connectivity index (χ0) is 88.6. The highest BCUT2D eigenvalue weighted by Gasteiger charge is 2.23. The molecule has 0 spiro atoms. The maximum absolute atomic E-state index is 8.81. The maximum atomic E-state index is 8.81. The van der Waals surface area contributed by atoms with Crippen LogP contribution < -0.4 is 0 Å². The zero-order valence-electron chi connectivity index (χ0n) is 75.2. The van der Waals surface area contributed by atoms with Crippen molar-refractivity contribution in [3.8, 4) is 100 Å². The van der Waals surface area contributed by atoms with E-state index in [2.05, 4.69) is 303 Å². The molecule has 0 atom stereocenters. The van der Waals surface area contributed by atoms with Crippen LogP contribution in [-0.4, -0.2) is 0 Å². The fraction of sp³-hybridized carbons (Fsp3) is 0. The molecule has 0 fully saturated rings. The minimum atomic E-state index is -0.389. The Bertz CT molecular complexity index is 8820. The van der Waals surface area contributed by atoms with Crippen LogP contribution in [0.1, 0.15) is 13.7 Å². The van der Waals surface area contributed by atoms with Crippen molar-refractivity contribution in [1.29, 1.82) is 0 Å². The Morgan fingerprint density at radius 1 is 0.149 bits per heavy atom. The lowest BCUT2D eigenvalue weighted by Gasteiger charge is -2.17. The van der Waals surface area contributed by atoms with Crippen LogP contribution >= 0.6 is 34.0 Å². The molecule has 25 rings (SSSR count). The molecule has 0 radical (unpaired) electrons. The SMILES string of the molecule is [2H]c1c([2H])c([2H])c(-c2c3ccccc3c(-c3ccc4sc5cc(-c6ccccc6)ccc5c4c3)c3ccccc23)c([2H])c1[2H].[2H]c1c([2H])c([2H])c(-c2c3ccccc3c(-c3ccc4sc5cccc(-c6ccccc6)c5c4c3)c3ccccc23)c([2H])c1[2H].c1ccc(-c2c3ccccc3c(-c3ccc4sc5cc(-c6cccc7ccccc67)ccc5c4c3)c3ccccc23)cc1. The number of benzene rings is 22. The highest BCUT2D eigenvalue weighted by atomic mass is 32.1. The van der Waals surface area contributed by atoms with Gasteiger partial charge in [-0.15, -0.1) is 34.0 Å². The van der Waals surface area contributed by atoms with E-state index in [0.29, 0.717) is 11.1 Å². The normalized spacial score (nSPS) is 12.8. The highest BCUT2D eigenvalue weighted by Crippen LogP contribution is 2.51. The molecule has 3 aromatic heterocycles. The molecule has 3 heteroatoms. The van der Waals surface area contributed by atoms with Crippen LogP contribution in [0, 0.1) is 0 Å². The van der Waals surface area contributed by atoms with Gasteiger partial charge in [0.2, 0.25) is 0 Å². The molecule has 0 unspecified atom stereocenters. The van der Waals surface area contributed by atoms with E-state index < -0.39 is 0 Å². The Morgan fingerprint density at radius 2 is 0.455 bits per heavy atom. The fourth-order valence-electron chi connectivity index (χ4n) is 18.7. The van der Waals surface area contributed by atoms with E-state index in [0.717, 1.165) is 65.3 Å². The van der Waals surface area contributed by atoms with Crippen LogP contribution in [-0.2, 0) is 0 Å². The van der Waals surface area contributed by atoms with Crippen LogP contribution in [0.3, 0.4) is 0 Å². The molecule has 0 aliphatic heterocycles. The van der Waals surface area contributed by atoms with Crippen molar-refractivity contribution >= 4 is 170 Å². The largest absolute Gasteiger partial charge is 0.135 e. The minimum absolute atomic E-state index is 0.194. The zero-order valence-corrected chi connectivity index (χ0v) is 67.6. The van der Waals surface area contributed by atoms with Gasteiger partial charge in [-0.2, -0.15) is 0 Å². The van der Waals surface area contributed by atoms with E-state index >= 15 is 0 Å². The number of hydrogen-bond acceptors (Lipinski definition) is 3. The molecular weight excluding hydrogens is 1510 g/mol. The highest BCUT2D eigenvalue weighted by molar-refractivity contribution is 7.26. The van der Waals surface area contributed by atoms with Crippen molar-refractivity contribution in [3.05, 3.63) is 449 Å². The van der Waals surface area contributed by atoms with Gasteiger partial charge in [0.25, 0.3) is 0 Å². The molecular formula is C118H74S3. The van der Waals surface area contributed by atoms with Gasteiger partial charge in [0.05, 0.1) is 13.7 Å². The first-order chi connectivity index (χ1) is 64.2. The number of fused-ring (bicyclic) bond motifs is 16. The van der Waals surface area contributed by atoms with Crippen molar-refractivity contribution in [2.75, 3.05) is 0 Å². The Labute approximate surface area is 727 Å². The van der Waals surface area contributed by atoms with Crippen molar-refractivity contribution in [2.45, 2.75) is 0 Å². The average Bonchev–Trinajstić information content (AvgIpc) is 1.27. The summed E-state index contributed by atoms with van der Waals surface area (Å²) in [6.45, 7) is 0. The minimum Gasteiger partial charge on any atom is -0.135 e. The Balaban J connectivity index is 0.000000112. The van der Waals surface area contributed by atoms with Crippen LogP contribution in [0.2, 0.25) is 0 Å². The summed E-state index contributed by atoms with van der Waals surface area (Å²) in [5.74, 6) is 0. The van der Waals surface area contributed by atoms with Gasteiger partial charge in [0.1, 0.15) is 0 Å². The summed E-state index contributed by atoms with van der Waals surface area (Å²) in [5, 5.41) is 22.5. The van der Waals surface area contributed by atoms with E-state index in [1.54, 1.807) is 22.7 Å². The summed E-state index contributed by atoms with van der Waals surface area (Å²) in [6.07, 6.45) is 0. The second-order valence-corrected chi connectivity index (χ2v) is 33.9. The van der Waals surface area contributed by atoms with E-state index in [-0.39, 0.29) is 71.6 Å². The van der Waals surface area contributed by atoms with E-state index in [1.165, 1.54) is 148 Å². The van der Waals surface area contributed by atoms with Crippen molar-refractivity contribution < 1.29 is 13.7 Å². The monoisotopic (exact) mass is 1600 g/mol. The summed E-state index contributed by atoms with van der Waals surface area (Å²) < 4.78 is 92.5. The fourth-order valence-corrected chi connectivity index (χ4v) is 22.0. The van der Waals surface area contributed by atoms with Crippen LogP contribution in [0.4, 0.5) is 0 Å². The second-order valence-electron chi connectivity index (χ2n) is 30.7. The molecule has 121 heavy (non-hydrogen) atoms. The smallest absolute Gasteiger partial charge is 0.0629 e. The quantitative estimate of drug-likeness (QED) is 0.126. The van der Waals surface area contributed by atoms with Crippen LogP contribution in [0.15, 0.2) is 449 Å². The second kappa shape index (κ2) is 30.4. The Hall–Kier alpha value is -14.7. The lowest BCUT2D eigenvalue weighted by Crippen LogP contribution is -1.90. The Kier molecular flexibility index (Phi) is 15.5. The third-order valence-corrected chi connectivity index (χ3v) is 27.4. The van der Waals surface area contributed by atoms with Crippen molar-refractivity contribution in [3.63, 3.8) is 0 Å². The lowest BCUT2D eigenvalue weighted by molar-refractivity contribution is 1.66. The first-order valence-electron chi connectivity index (χ1n) is 45.7. The molecule has 0 saturated carbocycles. The third kappa shape index (κ3) is 12.5. The molecule has 0 aliphatic rings. The van der Waals surface area contributed by atoms with Gasteiger partial charge in [-0.05, 0) is 230 Å². The van der Waals surface area contributed by atoms with Gasteiger partial charge < -0.3 is 0 Å². The molecule has 0 aliphatic carbocycles. The van der Waals surface area contributed by atoms with Gasteiger partial charge in [-0.3, -0.25) is 0 Å². The van der Waals surface area contributed by atoms with Crippen LogP contribution in [0.5, 0.6) is 0 Å². The summed E-state index contributed by atoms with van der Waals surface area (Å²) in [5.41, 5.74) is 18.5. The predicted molar refractivity (Wildman–Crippen MR) is 529 cm³/mol. The first-order valence-corrected chi connectivity index (χ1v) is 43.1. The lowest BCUT2D eigenvalue weighted by atomic mass is 9.85. The molecule has 0 amide bonds. The number of rotatable bonds is 9. The maximum Gasteiger partial charge on any atom is 0.0629 e. The standard InChI is InChI=1S/C42H26S.2C38H24S/c1-2-12-28(13-3-1)41-34-16-6-8-18-36(34)42(37-19-9-7-17-35(37)41)30-22-24-39-38(25-30)33-23-21-29(26-40(33)43-39)32-20-10-14-27-11-4-5-15-31(27)32;1-3-12-25(13-4-1)28-20-11-21-35-38(28)33-24-27(22-23-34(33)39-35)37-31-18-9-7-16-29(31)36(26-14-5-2-6-15-26)30-17-8-10-19-32(30)37;1-3-11-25(12-4-1)27-19-21-29-34-23-28(20-22-35(34)39-36(29)24-27)38-32-17-9-7-15-30(32)37(26-13-5-2-6-14-26)31-16-8-10-18-33(31)38/h1-26H;2*1-24H/i;2D,5D,6D,14D,15D;2D,5D,6D,13D,14D. The number of thiophene rings is 3. The molecule has 0 bridgehead atoms. The first kappa shape index (κ1) is 61.6. The topological polar surface area (TPSA) is 0 Å². The average molecular weight is 1600 g/mol. The van der Waals surface area contributed by atoms with E-state index in [9.17, 15) is 0 Å². The molecule has 25 aromatic rings. The summed E-state index contributed by atoms with van der Waals surface area (Å²) in [6, 6.07) is 134. The molecule has 0 N–H and O–H groups in total. The van der Waals surface area contributed by atoms with Gasteiger partial charge in [-0.1, -0.05) is 394 Å². The van der Waals surface area contributed by atoms with Crippen LogP contribution in [0.25, 0.3) is 236 Å². The molecule has 3 heterocycles. The van der Waals surface area contributed by atoms with E-state index in [4.69, 9.17) is 13.7 Å². The van der Waals surface area contributed by atoms with Gasteiger partial charge in [0.15, 0.2) is 0 Å². The molecule has 22 aromatic carbocycles. The van der Waals surface area contributed by atoms with Crippen molar-refractivity contribution in [1.82, 2.24) is 0 Å². The third-order valence-electron chi connectivity index (χ3n) is 24.0. The molecule has 0 nitrogen and oxygen atoms in total. The van der Waals surface area contributed by atoms with Gasteiger partial charge >= 0.3 is 0 Å². The predicted octanol–water partition coefficient (Wildman–Crippen LogP) is 35.2. The Morgan fingerprint density at radius 3 is 0.893 bits per heavy atom.